The van der Waals surface area contributed by atoms with Gasteiger partial charge in [-0.1, -0.05) is 13.8 Å². The maximum Gasteiger partial charge on any atom is 0.273 e. The first kappa shape index (κ1) is 15.4. The molecule has 6 heteroatoms. The summed E-state index contributed by atoms with van der Waals surface area (Å²) in [6, 6.07) is 2.36. The van der Waals surface area contributed by atoms with E-state index < -0.39 is 10.7 Å². The highest BCUT2D eigenvalue weighted by Gasteiger charge is 2.20. The van der Waals surface area contributed by atoms with Crippen LogP contribution in [0.4, 0.5) is 10.1 Å². The minimum absolute atomic E-state index is 0.0907. The summed E-state index contributed by atoms with van der Waals surface area (Å²) in [5, 5.41) is 10.7. The zero-order valence-corrected chi connectivity index (χ0v) is 12.5. The Morgan fingerprint density at radius 1 is 1.50 bits per heavy atom. The van der Waals surface area contributed by atoms with Gasteiger partial charge in [-0.3, -0.25) is 10.1 Å². The molecule has 0 aliphatic carbocycles. The molecular formula is C12H14BrClFNO2. The fourth-order valence-corrected chi connectivity index (χ4v) is 2.60. The number of hydrogen-bond acceptors (Lipinski definition) is 2. The fourth-order valence-electron chi connectivity index (χ4n) is 1.74. The third kappa shape index (κ3) is 4.21. The van der Waals surface area contributed by atoms with Crippen molar-refractivity contribution in [3.8, 4) is 0 Å². The molecule has 0 bridgehead atoms. The van der Waals surface area contributed by atoms with E-state index in [9.17, 15) is 14.5 Å². The number of alkyl halides is 1. The third-order valence-corrected chi connectivity index (χ3v) is 3.43. The summed E-state index contributed by atoms with van der Waals surface area (Å²) in [6.45, 7) is 4.04. The number of halogens is 3. The summed E-state index contributed by atoms with van der Waals surface area (Å²) in [5.74, 6) is -0.115. The average Bonchev–Trinajstić information content (AvgIpc) is 2.21. The maximum atomic E-state index is 13.4. The number of benzene rings is 1. The minimum atomic E-state index is -0.515. The standard InChI is InChI=1S/C12H14BrClFNO2/c1-7(2)3-9(14)4-8-5-11(15)10(13)6-12(8)16(17)18/h5-7,9H,3-4H2,1-2H3. The van der Waals surface area contributed by atoms with Crippen LogP contribution in [0.25, 0.3) is 0 Å². The van der Waals surface area contributed by atoms with Crippen LogP contribution < -0.4 is 0 Å². The topological polar surface area (TPSA) is 43.1 Å². The predicted octanol–water partition coefficient (Wildman–Crippen LogP) is 4.69. The second kappa shape index (κ2) is 6.48. The lowest BCUT2D eigenvalue weighted by Crippen LogP contribution is -2.09. The van der Waals surface area contributed by atoms with E-state index in [-0.39, 0.29) is 15.5 Å². The summed E-state index contributed by atoms with van der Waals surface area (Å²) in [5.41, 5.74) is 0.235. The summed E-state index contributed by atoms with van der Waals surface area (Å²) in [6.07, 6.45) is 1.02. The maximum absolute atomic E-state index is 13.4. The second-order valence-corrected chi connectivity index (χ2v) is 6.05. The van der Waals surface area contributed by atoms with Crippen LogP contribution in [0.15, 0.2) is 16.6 Å². The van der Waals surface area contributed by atoms with Crippen molar-refractivity contribution in [1.29, 1.82) is 0 Å². The van der Waals surface area contributed by atoms with E-state index in [0.717, 1.165) is 6.42 Å². The van der Waals surface area contributed by atoms with Crippen molar-refractivity contribution in [2.45, 2.75) is 32.1 Å². The smallest absolute Gasteiger partial charge is 0.258 e. The molecule has 18 heavy (non-hydrogen) atoms. The average molecular weight is 339 g/mol. The molecule has 3 nitrogen and oxygen atoms in total. The number of rotatable bonds is 5. The number of nitro benzene ring substituents is 1. The molecule has 0 fully saturated rings. The van der Waals surface area contributed by atoms with Gasteiger partial charge in [0.15, 0.2) is 0 Å². The Morgan fingerprint density at radius 2 is 2.11 bits per heavy atom. The summed E-state index contributed by atoms with van der Waals surface area (Å²) in [4.78, 5) is 10.4. The van der Waals surface area contributed by atoms with Gasteiger partial charge in [0.2, 0.25) is 0 Å². The molecule has 0 aliphatic heterocycles. The molecule has 0 amide bonds. The van der Waals surface area contributed by atoms with Gasteiger partial charge in [0.1, 0.15) is 5.82 Å². The first-order chi connectivity index (χ1) is 8.31. The van der Waals surface area contributed by atoms with Crippen LogP contribution in [0.5, 0.6) is 0 Å². The van der Waals surface area contributed by atoms with Crippen molar-refractivity contribution in [3.05, 3.63) is 38.1 Å². The molecule has 0 spiro atoms. The van der Waals surface area contributed by atoms with Crippen LogP contribution in [0.1, 0.15) is 25.8 Å². The summed E-state index contributed by atoms with van der Waals surface area (Å²) in [7, 11) is 0. The van der Waals surface area contributed by atoms with Gasteiger partial charge in [0.25, 0.3) is 5.69 Å². The van der Waals surface area contributed by atoms with E-state index in [1.54, 1.807) is 0 Å². The van der Waals surface area contributed by atoms with Gasteiger partial charge in [-0.25, -0.2) is 4.39 Å². The fraction of sp³-hybridized carbons (Fsp3) is 0.500. The zero-order valence-electron chi connectivity index (χ0n) is 10.1. The van der Waals surface area contributed by atoms with E-state index in [2.05, 4.69) is 15.9 Å². The molecule has 1 atom stereocenters. The second-order valence-electron chi connectivity index (χ2n) is 4.58. The molecule has 1 rings (SSSR count). The van der Waals surface area contributed by atoms with Crippen molar-refractivity contribution in [2.75, 3.05) is 0 Å². The molecule has 0 saturated heterocycles. The predicted molar refractivity (Wildman–Crippen MR) is 73.6 cm³/mol. The Bertz CT molecular complexity index is 454. The van der Waals surface area contributed by atoms with Gasteiger partial charge in [0.05, 0.1) is 9.40 Å². The molecule has 100 valence electrons. The van der Waals surface area contributed by atoms with Gasteiger partial charge in [-0.05, 0) is 40.8 Å². The Hall–Kier alpha value is -0.680. The number of nitrogens with zero attached hydrogens (tertiary/aromatic N) is 1. The van der Waals surface area contributed by atoms with Crippen molar-refractivity contribution >= 4 is 33.2 Å². The van der Waals surface area contributed by atoms with Gasteiger partial charge < -0.3 is 0 Å². The van der Waals surface area contributed by atoms with Gasteiger partial charge in [0, 0.05) is 17.0 Å². The quantitative estimate of drug-likeness (QED) is 0.444. The molecule has 1 aromatic rings. The molecule has 0 saturated carbocycles. The van der Waals surface area contributed by atoms with Gasteiger partial charge >= 0.3 is 0 Å². The van der Waals surface area contributed by atoms with Crippen LogP contribution in [0.2, 0.25) is 0 Å². The Morgan fingerprint density at radius 3 is 2.61 bits per heavy atom. The Kier molecular flexibility index (Phi) is 5.53. The monoisotopic (exact) mass is 337 g/mol. The first-order valence-corrected chi connectivity index (χ1v) is 6.80. The SMILES string of the molecule is CC(C)CC(Cl)Cc1cc(F)c(Br)cc1[N+](=O)[O-]. The lowest BCUT2D eigenvalue weighted by atomic mass is 10.0. The highest BCUT2D eigenvalue weighted by atomic mass is 79.9. The molecule has 0 radical (unpaired) electrons. The van der Waals surface area contributed by atoms with Crippen LogP contribution in [-0.4, -0.2) is 10.3 Å². The number of hydrogen-bond donors (Lipinski definition) is 0. The van der Waals surface area contributed by atoms with Crippen molar-refractivity contribution in [1.82, 2.24) is 0 Å². The normalized spacial score (nSPS) is 12.8. The molecule has 0 N–H and O–H groups in total. The lowest BCUT2D eigenvalue weighted by Gasteiger charge is -2.12. The van der Waals surface area contributed by atoms with E-state index >= 15 is 0 Å². The van der Waals surface area contributed by atoms with Crippen molar-refractivity contribution < 1.29 is 9.31 Å². The molecule has 1 aromatic carbocycles. The zero-order chi connectivity index (χ0) is 13.9. The highest BCUT2D eigenvalue weighted by Crippen LogP contribution is 2.29. The third-order valence-electron chi connectivity index (χ3n) is 2.49. The molecule has 0 aromatic heterocycles. The largest absolute Gasteiger partial charge is 0.273 e. The lowest BCUT2D eigenvalue weighted by molar-refractivity contribution is -0.385. The Balaban J connectivity index is 3.00. The summed E-state index contributed by atoms with van der Waals surface area (Å²) < 4.78 is 13.5. The van der Waals surface area contributed by atoms with E-state index in [0.29, 0.717) is 17.9 Å². The number of nitro groups is 1. The van der Waals surface area contributed by atoms with Crippen LogP contribution in [-0.2, 0) is 6.42 Å². The van der Waals surface area contributed by atoms with Crippen molar-refractivity contribution in [3.63, 3.8) is 0 Å². The summed E-state index contributed by atoms with van der Waals surface area (Å²) >= 11 is 9.06. The molecule has 0 aliphatic rings. The van der Waals surface area contributed by atoms with Crippen molar-refractivity contribution in [2.24, 2.45) is 5.92 Å². The first-order valence-electron chi connectivity index (χ1n) is 5.57. The van der Waals surface area contributed by atoms with Gasteiger partial charge in [-0.2, -0.15) is 0 Å². The highest BCUT2D eigenvalue weighted by molar-refractivity contribution is 9.10. The molecular weight excluding hydrogens is 324 g/mol. The van der Waals surface area contributed by atoms with Crippen LogP contribution >= 0.6 is 27.5 Å². The van der Waals surface area contributed by atoms with E-state index in [4.69, 9.17) is 11.6 Å². The Labute approximate surface area is 119 Å². The van der Waals surface area contributed by atoms with E-state index in [1.165, 1.54) is 12.1 Å². The van der Waals surface area contributed by atoms with Crippen LogP contribution in [0.3, 0.4) is 0 Å². The minimum Gasteiger partial charge on any atom is -0.258 e. The van der Waals surface area contributed by atoms with E-state index in [1.807, 2.05) is 13.8 Å². The van der Waals surface area contributed by atoms with Gasteiger partial charge in [-0.15, -0.1) is 11.6 Å². The molecule has 1 unspecified atom stereocenters. The molecule has 0 heterocycles. The van der Waals surface area contributed by atoms with Crippen LogP contribution in [0, 0.1) is 21.8 Å².